The summed E-state index contributed by atoms with van der Waals surface area (Å²) < 4.78 is 12.0. The zero-order chi connectivity index (χ0) is 19.0. The Balaban J connectivity index is 1.79. The molecule has 0 saturated carbocycles. The summed E-state index contributed by atoms with van der Waals surface area (Å²) in [7, 11) is 3.05. The number of methoxy groups -OCH3 is 2. The van der Waals surface area contributed by atoms with Crippen molar-refractivity contribution in [1.29, 1.82) is 0 Å². The predicted molar refractivity (Wildman–Crippen MR) is 101 cm³/mol. The van der Waals surface area contributed by atoms with Crippen molar-refractivity contribution in [3.8, 4) is 11.5 Å². The van der Waals surface area contributed by atoms with Gasteiger partial charge in [-0.2, -0.15) is 5.10 Å². The predicted octanol–water partition coefficient (Wildman–Crippen LogP) is 2.45. The van der Waals surface area contributed by atoms with Gasteiger partial charge in [-0.15, -0.1) is 0 Å². The number of nitrogens with one attached hydrogen (secondary N) is 2. The summed E-state index contributed by atoms with van der Waals surface area (Å²) in [5.41, 5.74) is 1.34. The van der Waals surface area contributed by atoms with E-state index in [1.165, 1.54) is 24.9 Å². The molecule has 4 rings (SSSR count). The van der Waals surface area contributed by atoms with E-state index in [1.807, 2.05) is 6.07 Å². The first-order chi connectivity index (χ1) is 13.1. The van der Waals surface area contributed by atoms with Crippen LogP contribution in [0.4, 0.5) is 5.69 Å². The van der Waals surface area contributed by atoms with Crippen LogP contribution in [-0.4, -0.2) is 34.7 Å². The van der Waals surface area contributed by atoms with E-state index < -0.39 is 5.91 Å². The maximum atomic E-state index is 12.8. The van der Waals surface area contributed by atoms with Gasteiger partial charge in [0.15, 0.2) is 0 Å². The van der Waals surface area contributed by atoms with Gasteiger partial charge in [-0.25, -0.2) is 4.52 Å². The molecular formula is C19H16N4O4. The SMILES string of the molecule is COc1ccc(OC)c(NC(=O)c2cnn3c2[nH]c(=O)c2ccccc23)c1. The van der Waals surface area contributed by atoms with Gasteiger partial charge in [0.25, 0.3) is 11.5 Å². The third-order valence-electron chi connectivity index (χ3n) is 4.28. The highest BCUT2D eigenvalue weighted by Gasteiger charge is 2.18. The minimum Gasteiger partial charge on any atom is -0.497 e. The molecular weight excluding hydrogens is 348 g/mol. The van der Waals surface area contributed by atoms with Crippen molar-refractivity contribution < 1.29 is 14.3 Å². The molecule has 2 aromatic heterocycles. The topological polar surface area (TPSA) is 97.7 Å². The summed E-state index contributed by atoms with van der Waals surface area (Å²) in [5.74, 6) is 0.632. The first kappa shape index (κ1) is 16.6. The molecule has 0 unspecified atom stereocenters. The largest absolute Gasteiger partial charge is 0.497 e. The molecule has 8 nitrogen and oxygen atoms in total. The van der Waals surface area contributed by atoms with E-state index in [0.29, 0.717) is 33.7 Å². The fourth-order valence-electron chi connectivity index (χ4n) is 2.94. The normalized spacial score (nSPS) is 10.9. The van der Waals surface area contributed by atoms with E-state index in [4.69, 9.17) is 9.47 Å². The van der Waals surface area contributed by atoms with Gasteiger partial charge >= 0.3 is 0 Å². The van der Waals surface area contributed by atoms with Gasteiger partial charge in [0.05, 0.1) is 37.0 Å². The second kappa shape index (κ2) is 6.49. The highest BCUT2D eigenvalue weighted by molar-refractivity contribution is 6.09. The molecule has 8 heteroatoms. The number of carbonyl (C=O) groups is 1. The number of hydrogen-bond acceptors (Lipinski definition) is 5. The Morgan fingerprint density at radius 3 is 2.74 bits per heavy atom. The van der Waals surface area contributed by atoms with Gasteiger partial charge < -0.3 is 19.8 Å². The molecule has 0 aliphatic carbocycles. The minimum absolute atomic E-state index is 0.239. The van der Waals surface area contributed by atoms with Gasteiger partial charge in [-0.05, 0) is 24.3 Å². The van der Waals surface area contributed by atoms with Crippen LogP contribution in [0.3, 0.4) is 0 Å². The van der Waals surface area contributed by atoms with Gasteiger partial charge in [0.2, 0.25) is 0 Å². The number of anilines is 1. The number of aromatic amines is 1. The molecule has 2 heterocycles. The Morgan fingerprint density at radius 1 is 1.15 bits per heavy atom. The quantitative estimate of drug-likeness (QED) is 0.580. The van der Waals surface area contributed by atoms with Crippen LogP contribution < -0.4 is 20.3 Å². The van der Waals surface area contributed by atoms with Crippen LogP contribution in [0, 0.1) is 0 Å². The van der Waals surface area contributed by atoms with Gasteiger partial charge in [-0.3, -0.25) is 9.59 Å². The molecule has 2 aromatic carbocycles. The molecule has 27 heavy (non-hydrogen) atoms. The van der Waals surface area contributed by atoms with Crippen molar-refractivity contribution in [1.82, 2.24) is 14.6 Å². The average Bonchev–Trinajstić information content (AvgIpc) is 3.12. The summed E-state index contributed by atoms with van der Waals surface area (Å²) in [4.78, 5) is 27.9. The number of amides is 1. The molecule has 0 fully saturated rings. The molecule has 0 atom stereocenters. The highest BCUT2D eigenvalue weighted by Crippen LogP contribution is 2.29. The smallest absolute Gasteiger partial charge is 0.261 e. The molecule has 0 aliphatic heterocycles. The highest BCUT2D eigenvalue weighted by atomic mass is 16.5. The van der Waals surface area contributed by atoms with Crippen LogP contribution in [0.2, 0.25) is 0 Å². The summed E-state index contributed by atoms with van der Waals surface area (Å²) in [6, 6.07) is 12.1. The molecule has 2 N–H and O–H groups in total. The Morgan fingerprint density at radius 2 is 1.96 bits per heavy atom. The Hall–Kier alpha value is -3.81. The van der Waals surface area contributed by atoms with Crippen molar-refractivity contribution in [2.75, 3.05) is 19.5 Å². The van der Waals surface area contributed by atoms with Crippen molar-refractivity contribution in [3.63, 3.8) is 0 Å². The molecule has 0 aliphatic rings. The average molecular weight is 364 g/mol. The maximum Gasteiger partial charge on any atom is 0.261 e. The van der Waals surface area contributed by atoms with Crippen molar-refractivity contribution >= 4 is 28.1 Å². The monoisotopic (exact) mass is 364 g/mol. The van der Waals surface area contributed by atoms with E-state index in [-0.39, 0.29) is 11.1 Å². The number of nitrogens with zero attached hydrogens (tertiary/aromatic N) is 2. The second-order valence-electron chi connectivity index (χ2n) is 5.81. The van der Waals surface area contributed by atoms with Crippen LogP contribution in [-0.2, 0) is 0 Å². The van der Waals surface area contributed by atoms with E-state index in [2.05, 4.69) is 15.4 Å². The number of rotatable bonds is 4. The standard InChI is InChI=1S/C19H16N4O4/c1-26-11-7-8-16(27-2)14(9-11)21-19(25)13-10-20-23-15-6-4-3-5-12(15)18(24)22-17(13)23/h3-10H,1-2H3,(H,21,25)(H,22,24). The zero-order valence-corrected chi connectivity index (χ0v) is 14.6. The molecule has 136 valence electrons. The summed E-state index contributed by atoms with van der Waals surface area (Å²) >= 11 is 0. The number of benzene rings is 2. The third kappa shape index (κ3) is 2.77. The van der Waals surface area contributed by atoms with Gasteiger partial charge in [0.1, 0.15) is 22.7 Å². The molecule has 1 amide bonds. The second-order valence-corrected chi connectivity index (χ2v) is 5.81. The molecule has 0 radical (unpaired) electrons. The number of carbonyl (C=O) groups excluding carboxylic acids is 1. The molecule has 4 aromatic rings. The van der Waals surface area contributed by atoms with Crippen LogP contribution in [0.5, 0.6) is 11.5 Å². The van der Waals surface area contributed by atoms with Crippen LogP contribution in [0.15, 0.2) is 53.5 Å². The maximum absolute atomic E-state index is 12.8. The lowest BCUT2D eigenvalue weighted by Gasteiger charge is -2.11. The lowest BCUT2D eigenvalue weighted by atomic mass is 10.2. The lowest BCUT2D eigenvalue weighted by Crippen LogP contribution is -2.15. The van der Waals surface area contributed by atoms with Crippen LogP contribution >= 0.6 is 0 Å². The summed E-state index contributed by atoms with van der Waals surface area (Å²) in [5, 5.41) is 7.53. The number of ether oxygens (including phenoxy) is 2. The Kier molecular flexibility index (Phi) is 4.00. The van der Waals surface area contributed by atoms with E-state index in [0.717, 1.165) is 0 Å². The molecule has 0 spiro atoms. The number of fused-ring (bicyclic) bond motifs is 3. The lowest BCUT2D eigenvalue weighted by molar-refractivity contribution is 0.102. The zero-order valence-electron chi connectivity index (χ0n) is 14.6. The number of hydrogen-bond donors (Lipinski definition) is 2. The van der Waals surface area contributed by atoms with Crippen molar-refractivity contribution in [2.45, 2.75) is 0 Å². The Bertz CT molecular complexity index is 1230. The van der Waals surface area contributed by atoms with Gasteiger partial charge in [0, 0.05) is 6.07 Å². The fraction of sp³-hybridized carbons (Fsp3) is 0.105. The first-order valence-electron chi connectivity index (χ1n) is 8.14. The number of aromatic nitrogens is 3. The van der Waals surface area contributed by atoms with Gasteiger partial charge in [-0.1, -0.05) is 12.1 Å². The third-order valence-corrected chi connectivity index (χ3v) is 4.28. The van der Waals surface area contributed by atoms with Crippen LogP contribution in [0.25, 0.3) is 16.6 Å². The summed E-state index contributed by atoms with van der Waals surface area (Å²) in [6.07, 6.45) is 1.42. The summed E-state index contributed by atoms with van der Waals surface area (Å²) in [6.45, 7) is 0. The van der Waals surface area contributed by atoms with E-state index >= 15 is 0 Å². The van der Waals surface area contributed by atoms with Crippen molar-refractivity contribution in [2.24, 2.45) is 0 Å². The molecule has 0 bridgehead atoms. The van der Waals surface area contributed by atoms with Crippen molar-refractivity contribution in [3.05, 3.63) is 64.6 Å². The fourth-order valence-corrected chi connectivity index (χ4v) is 2.94. The number of H-pyrrole nitrogens is 1. The Labute approximate surface area is 153 Å². The number of para-hydroxylation sites is 1. The molecule has 0 saturated heterocycles. The first-order valence-corrected chi connectivity index (χ1v) is 8.14. The van der Waals surface area contributed by atoms with E-state index in [1.54, 1.807) is 36.4 Å². The minimum atomic E-state index is -0.428. The van der Waals surface area contributed by atoms with E-state index in [9.17, 15) is 9.59 Å². The van der Waals surface area contributed by atoms with Crippen LogP contribution in [0.1, 0.15) is 10.4 Å².